The van der Waals surface area contributed by atoms with Crippen molar-refractivity contribution in [3.8, 4) is 0 Å². The number of rotatable bonds is 2. The number of fused-ring (bicyclic) bond motifs is 1. The standard InChI is InChI=1S/C16H21N3O/c1-11-4-3-5-12(2)19(11)18-16(20)14-7-6-13-8-9-17-15(13)10-14/h6-12,17H,3-5H2,1-2H3,(H,18,20). The number of carbonyl (C=O) groups is 1. The van der Waals surface area contributed by atoms with Crippen LogP contribution in [-0.2, 0) is 0 Å². The van der Waals surface area contributed by atoms with E-state index in [-0.39, 0.29) is 5.91 Å². The highest BCUT2D eigenvalue weighted by Crippen LogP contribution is 2.21. The van der Waals surface area contributed by atoms with Gasteiger partial charge in [-0.2, -0.15) is 0 Å². The zero-order valence-corrected chi connectivity index (χ0v) is 12.0. The molecule has 106 valence electrons. The number of hydrogen-bond donors (Lipinski definition) is 2. The third kappa shape index (κ3) is 2.43. The smallest absolute Gasteiger partial charge is 0.265 e. The minimum Gasteiger partial charge on any atom is -0.361 e. The highest BCUT2D eigenvalue weighted by atomic mass is 16.2. The average Bonchev–Trinajstić information content (AvgIpc) is 2.90. The molecular formula is C16H21N3O. The molecule has 1 aliphatic heterocycles. The lowest BCUT2D eigenvalue weighted by molar-refractivity contribution is 0.0370. The number of hydrogen-bond acceptors (Lipinski definition) is 2. The second kappa shape index (κ2) is 5.29. The summed E-state index contributed by atoms with van der Waals surface area (Å²) in [4.78, 5) is 15.5. The fourth-order valence-electron chi connectivity index (χ4n) is 3.01. The number of H-pyrrole nitrogens is 1. The number of aromatic amines is 1. The van der Waals surface area contributed by atoms with E-state index in [4.69, 9.17) is 0 Å². The largest absolute Gasteiger partial charge is 0.361 e. The summed E-state index contributed by atoms with van der Waals surface area (Å²) in [5.74, 6) is -0.0258. The molecular weight excluding hydrogens is 250 g/mol. The number of nitrogens with one attached hydrogen (secondary N) is 2. The Morgan fingerprint density at radius 3 is 2.75 bits per heavy atom. The number of aromatic nitrogens is 1. The van der Waals surface area contributed by atoms with E-state index in [9.17, 15) is 4.79 Å². The van der Waals surface area contributed by atoms with Crippen molar-refractivity contribution in [3.05, 3.63) is 36.0 Å². The van der Waals surface area contributed by atoms with Crippen molar-refractivity contribution in [2.24, 2.45) is 0 Å². The van der Waals surface area contributed by atoms with Gasteiger partial charge in [-0.25, -0.2) is 5.01 Å². The molecule has 2 N–H and O–H groups in total. The number of benzene rings is 1. The summed E-state index contributed by atoms with van der Waals surface area (Å²) in [6.07, 6.45) is 5.41. The molecule has 3 rings (SSSR count). The summed E-state index contributed by atoms with van der Waals surface area (Å²) >= 11 is 0. The molecule has 1 aromatic heterocycles. The van der Waals surface area contributed by atoms with Crippen molar-refractivity contribution in [2.75, 3.05) is 0 Å². The zero-order chi connectivity index (χ0) is 14.1. The first kappa shape index (κ1) is 13.2. The summed E-state index contributed by atoms with van der Waals surface area (Å²) in [5, 5.41) is 3.23. The van der Waals surface area contributed by atoms with Gasteiger partial charge in [0.25, 0.3) is 5.91 Å². The van der Waals surface area contributed by atoms with Crippen LogP contribution in [0.3, 0.4) is 0 Å². The molecule has 0 bridgehead atoms. The Labute approximate surface area is 119 Å². The van der Waals surface area contributed by atoms with E-state index in [1.165, 1.54) is 6.42 Å². The van der Waals surface area contributed by atoms with Crippen LogP contribution in [0, 0.1) is 0 Å². The maximum absolute atomic E-state index is 12.4. The monoisotopic (exact) mass is 271 g/mol. The summed E-state index contributed by atoms with van der Waals surface area (Å²) in [5.41, 5.74) is 4.77. The average molecular weight is 271 g/mol. The summed E-state index contributed by atoms with van der Waals surface area (Å²) in [7, 11) is 0. The Bertz CT molecular complexity index is 609. The Kier molecular flexibility index (Phi) is 3.49. The third-order valence-electron chi connectivity index (χ3n) is 4.24. The van der Waals surface area contributed by atoms with Crippen molar-refractivity contribution in [2.45, 2.75) is 45.2 Å². The van der Waals surface area contributed by atoms with E-state index in [1.54, 1.807) is 0 Å². The van der Waals surface area contributed by atoms with Gasteiger partial charge in [0.15, 0.2) is 0 Å². The lowest BCUT2D eigenvalue weighted by Gasteiger charge is -2.38. The summed E-state index contributed by atoms with van der Waals surface area (Å²) < 4.78 is 0. The second-order valence-corrected chi connectivity index (χ2v) is 5.76. The Hall–Kier alpha value is -1.81. The van der Waals surface area contributed by atoms with Gasteiger partial charge in [-0.05, 0) is 50.3 Å². The molecule has 0 spiro atoms. The van der Waals surface area contributed by atoms with Gasteiger partial charge in [0.2, 0.25) is 0 Å². The molecule has 2 aromatic rings. The SMILES string of the molecule is CC1CCCC(C)N1NC(=O)c1ccc2cc[nH]c2c1. The van der Waals surface area contributed by atoms with Crippen LogP contribution in [0.15, 0.2) is 30.5 Å². The molecule has 4 nitrogen and oxygen atoms in total. The lowest BCUT2D eigenvalue weighted by Crippen LogP contribution is -2.54. The van der Waals surface area contributed by atoms with Gasteiger partial charge in [-0.15, -0.1) is 0 Å². The summed E-state index contributed by atoms with van der Waals surface area (Å²) in [6.45, 7) is 4.34. The molecule has 1 aliphatic rings. The number of amides is 1. The van der Waals surface area contributed by atoms with Gasteiger partial charge in [-0.3, -0.25) is 10.2 Å². The topological polar surface area (TPSA) is 48.1 Å². The predicted molar refractivity (Wildman–Crippen MR) is 80.4 cm³/mol. The molecule has 1 fully saturated rings. The van der Waals surface area contributed by atoms with E-state index in [0.29, 0.717) is 17.6 Å². The van der Waals surface area contributed by atoms with Crippen LogP contribution in [0.5, 0.6) is 0 Å². The van der Waals surface area contributed by atoms with Gasteiger partial charge >= 0.3 is 0 Å². The highest BCUT2D eigenvalue weighted by Gasteiger charge is 2.26. The second-order valence-electron chi connectivity index (χ2n) is 5.76. The van der Waals surface area contributed by atoms with Gasteiger partial charge in [0, 0.05) is 29.4 Å². The van der Waals surface area contributed by atoms with Crippen LogP contribution < -0.4 is 5.43 Å². The minimum atomic E-state index is -0.0258. The number of piperidine rings is 1. The van der Waals surface area contributed by atoms with Gasteiger partial charge < -0.3 is 4.98 Å². The van der Waals surface area contributed by atoms with Crippen LogP contribution in [-0.4, -0.2) is 28.0 Å². The molecule has 2 unspecified atom stereocenters. The van der Waals surface area contributed by atoms with Crippen molar-refractivity contribution >= 4 is 16.8 Å². The van der Waals surface area contributed by atoms with E-state index in [2.05, 4.69) is 29.3 Å². The van der Waals surface area contributed by atoms with Crippen molar-refractivity contribution in [1.29, 1.82) is 0 Å². The van der Waals surface area contributed by atoms with E-state index >= 15 is 0 Å². The van der Waals surface area contributed by atoms with Crippen molar-refractivity contribution < 1.29 is 4.79 Å². The first-order chi connectivity index (χ1) is 9.65. The van der Waals surface area contributed by atoms with E-state index < -0.39 is 0 Å². The molecule has 0 saturated carbocycles. The van der Waals surface area contributed by atoms with Crippen molar-refractivity contribution in [1.82, 2.24) is 15.4 Å². The fraction of sp³-hybridized carbons (Fsp3) is 0.438. The van der Waals surface area contributed by atoms with Gasteiger partial charge in [-0.1, -0.05) is 12.5 Å². The molecule has 1 saturated heterocycles. The maximum atomic E-state index is 12.4. The van der Waals surface area contributed by atoms with E-state index in [0.717, 1.165) is 23.7 Å². The fourth-order valence-corrected chi connectivity index (χ4v) is 3.01. The minimum absolute atomic E-state index is 0.0258. The Balaban J connectivity index is 1.77. The lowest BCUT2D eigenvalue weighted by atomic mass is 10.00. The molecule has 0 aliphatic carbocycles. The number of carbonyl (C=O) groups excluding carboxylic acids is 1. The number of nitrogens with zero attached hydrogens (tertiary/aromatic N) is 1. The van der Waals surface area contributed by atoms with Crippen LogP contribution in [0.1, 0.15) is 43.5 Å². The normalized spacial score (nSPS) is 23.9. The van der Waals surface area contributed by atoms with Gasteiger partial charge in [0.05, 0.1) is 0 Å². The summed E-state index contributed by atoms with van der Waals surface area (Å²) in [6, 6.07) is 8.57. The number of hydrazine groups is 1. The van der Waals surface area contributed by atoms with Crippen LogP contribution in [0.4, 0.5) is 0 Å². The Morgan fingerprint density at radius 2 is 2.00 bits per heavy atom. The molecule has 0 radical (unpaired) electrons. The first-order valence-corrected chi connectivity index (χ1v) is 7.31. The molecule has 2 atom stereocenters. The Morgan fingerprint density at radius 1 is 1.25 bits per heavy atom. The molecule has 20 heavy (non-hydrogen) atoms. The maximum Gasteiger partial charge on any atom is 0.265 e. The van der Waals surface area contributed by atoms with Crippen LogP contribution in [0.2, 0.25) is 0 Å². The highest BCUT2D eigenvalue weighted by molar-refractivity contribution is 5.97. The van der Waals surface area contributed by atoms with Crippen LogP contribution in [0.25, 0.3) is 10.9 Å². The third-order valence-corrected chi connectivity index (χ3v) is 4.24. The molecule has 2 heterocycles. The van der Waals surface area contributed by atoms with E-state index in [1.807, 2.05) is 30.5 Å². The molecule has 1 amide bonds. The molecule has 1 aromatic carbocycles. The van der Waals surface area contributed by atoms with Gasteiger partial charge in [0.1, 0.15) is 0 Å². The quantitative estimate of drug-likeness (QED) is 0.882. The van der Waals surface area contributed by atoms with Crippen molar-refractivity contribution in [3.63, 3.8) is 0 Å². The predicted octanol–water partition coefficient (Wildman–Crippen LogP) is 3.08. The van der Waals surface area contributed by atoms with Crippen LogP contribution >= 0.6 is 0 Å². The first-order valence-electron chi connectivity index (χ1n) is 7.31. The molecule has 4 heteroatoms. The zero-order valence-electron chi connectivity index (χ0n) is 12.0.